The number of hydrogen-bond donors (Lipinski definition) is 1. The van der Waals surface area contributed by atoms with E-state index in [1.165, 1.54) is 0 Å². The first-order valence-corrected chi connectivity index (χ1v) is 6.58. The van der Waals surface area contributed by atoms with E-state index in [1.54, 1.807) is 19.1 Å². The third kappa shape index (κ3) is 3.28. The molecule has 0 aliphatic rings. The maximum absolute atomic E-state index is 9.51. The van der Waals surface area contributed by atoms with Crippen LogP contribution >= 0.6 is 11.6 Å². The van der Waals surface area contributed by atoms with Crippen LogP contribution in [0, 0.1) is 13.8 Å². The van der Waals surface area contributed by atoms with Crippen LogP contribution in [0.3, 0.4) is 0 Å². The molecule has 2 aromatic carbocycles. The lowest BCUT2D eigenvalue weighted by Crippen LogP contribution is -1.93. The summed E-state index contributed by atoms with van der Waals surface area (Å²) in [7, 11) is 0. The molecule has 2 rings (SSSR count). The maximum atomic E-state index is 9.51. The van der Waals surface area contributed by atoms with Gasteiger partial charge >= 0.3 is 0 Å². The predicted molar refractivity (Wildman–Crippen MR) is 78.1 cm³/mol. The fourth-order valence-electron chi connectivity index (χ4n) is 1.80. The number of ether oxygens (including phenoxy) is 1. The van der Waals surface area contributed by atoms with E-state index < -0.39 is 6.10 Å². The third-order valence-corrected chi connectivity index (χ3v) is 3.30. The van der Waals surface area contributed by atoms with E-state index in [4.69, 9.17) is 16.3 Å². The molecule has 0 aliphatic heterocycles. The molecule has 0 saturated carbocycles. The summed E-state index contributed by atoms with van der Waals surface area (Å²) in [5.41, 5.74) is 2.97. The molecule has 19 heavy (non-hydrogen) atoms. The minimum absolute atomic E-state index is 0.499. The summed E-state index contributed by atoms with van der Waals surface area (Å²) in [6, 6.07) is 11.4. The average Bonchev–Trinajstić information content (AvgIpc) is 2.36. The highest BCUT2D eigenvalue weighted by Crippen LogP contribution is 2.33. The van der Waals surface area contributed by atoms with Crippen LogP contribution in [-0.2, 0) is 0 Å². The van der Waals surface area contributed by atoms with Gasteiger partial charge in [-0.05, 0) is 55.7 Å². The van der Waals surface area contributed by atoms with Crippen molar-refractivity contribution in [2.45, 2.75) is 26.9 Å². The molecule has 0 heterocycles. The highest BCUT2D eigenvalue weighted by Gasteiger charge is 2.09. The number of aliphatic hydroxyl groups excluding tert-OH is 1. The molecule has 0 saturated heterocycles. The van der Waals surface area contributed by atoms with Gasteiger partial charge in [-0.1, -0.05) is 29.8 Å². The molecular weight excluding hydrogens is 260 g/mol. The molecule has 100 valence electrons. The summed E-state index contributed by atoms with van der Waals surface area (Å²) in [6.07, 6.45) is -0.535. The Bertz CT molecular complexity index is 591. The second kappa shape index (κ2) is 5.64. The monoisotopic (exact) mass is 276 g/mol. The van der Waals surface area contributed by atoms with E-state index in [1.807, 2.05) is 38.1 Å². The molecule has 2 aromatic rings. The van der Waals surface area contributed by atoms with Gasteiger partial charge in [0.05, 0.1) is 11.1 Å². The zero-order valence-electron chi connectivity index (χ0n) is 11.3. The first kappa shape index (κ1) is 13.9. The number of rotatable bonds is 3. The van der Waals surface area contributed by atoms with Crippen molar-refractivity contribution in [1.82, 2.24) is 0 Å². The molecule has 0 radical (unpaired) electrons. The van der Waals surface area contributed by atoms with Crippen molar-refractivity contribution >= 4 is 11.6 Å². The number of hydrogen-bond acceptors (Lipinski definition) is 2. The topological polar surface area (TPSA) is 29.5 Å². The van der Waals surface area contributed by atoms with E-state index in [9.17, 15) is 5.11 Å². The molecule has 0 bridgehead atoms. The minimum atomic E-state index is -0.535. The number of aliphatic hydroxyl groups is 1. The quantitative estimate of drug-likeness (QED) is 0.872. The minimum Gasteiger partial charge on any atom is -0.456 e. The Hall–Kier alpha value is -1.51. The van der Waals surface area contributed by atoms with E-state index in [0.29, 0.717) is 10.8 Å². The number of benzene rings is 2. The molecule has 0 aromatic heterocycles. The molecule has 0 spiro atoms. The van der Waals surface area contributed by atoms with E-state index in [0.717, 1.165) is 22.4 Å². The molecular formula is C16H17ClO2. The van der Waals surface area contributed by atoms with Gasteiger partial charge in [-0.2, -0.15) is 0 Å². The Balaban J connectivity index is 2.31. The Morgan fingerprint density at radius 2 is 1.79 bits per heavy atom. The lowest BCUT2D eigenvalue weighted by molar-refractivity contribution is 0.199. The number of halogens is 1. The standard InChI is InChI=1S/C16H17ClO2/c1-10-4-5-11(2)16(8-10)19-15-7-6-13(12(3)18)9-14(15)17/h4-9,12,18H,1-3H3. The normalized spacial score (nSPS) is 12.3. The van der Waals surface area contributed by atoms with Crippen LogP contribution < -0.4 is 4.74 Å². The van der Waals surface area contributed by atoms with Crippen LogP contribution in [0.2, 0.25) is 5.02 Å². The maximum Gasteiger partial charge on any atom is 0.146 e. The van der Waals surface area contributed by atoms with Crippen LogP contribution in [0.4, 0.5) is 0 Å². The van der Waals surface area contributed by atoms with Gasteiger partial charge in [0.25, 0.3) is 0 Å². The van der Waals surface area contributed by atoms with Crippen molar-refractivity contribution in [3.05, 3.63) is 58.1 Å². The highest BCUT2D eigenvalue weighted by atomic mass is 35.5. The molecule has 0 amide bonds. The summed E-state index contributed by atoms with van der Waals surface area (Å²) in [6.45, 7) is 5.72. The van der Waals surface area contributed by atoms with Crippen LogP contribution in [0.25, 0.3) is 0 Å². The molecule has 1 atom stereocenters. The van der Waals surface area contributed by atoms with Crippen LogP contribution in [0.15, 0.2) is 36.4 Å². The summed E-state index contributed by atoms with van der Waals surface area (Å²) in [4.78, 5) is 0. The first-order chi connectivity index (χ1) is 8.97. The van der Waals surface area contributed by atoms with Gasteiger partial charge in [0.15, 0.2) is 0 Å². The Labute approximate surface area is 118 Å². The van der Waals surface area contributed by atoms with E-state index in [2.05, 4.69) is 0 Å². The lowest BCUT2D eigenvalue weighted by atomic mass is 10.1. The van der Waals surface area contributed by atoms with Crippen molar-refractivity contribution in [2.75, 3.05) is 0 Å². The highest BCUT2D eigenvalue weighted by molar-refractivity contribution is 6.32. The zero-order chi connectivity index (χ0) is 14.0. The van der Waals surface area contributed by atoms with Crippen molar-refractivity contribution in [3.63, 3.8) is 0 Å². The van der Waals surface area contributed by atoms with Crippen LogP contribution in [-0.4, -0.2) is 5.11 Å². The fourth-order valence-corrected chi connectivity index (χ4v) is 2.02. The van der Waals surface area contributed by atoms with E-state index in [-0.39, 0.29) is 0 Å². The van der Waals surface area contributed by atoms with Crippen molar-refractivity contribution < 1.29 is 9.84 Å². The van der Waals surface area contributed by atoms with Gasteiger partial charge in [-0.15, -0.1) is 0 Å². The van der Waals surface area contributed by atoms with Crippen molar-refractivity contribution in [2.24, 2.45) is 0 Å². The zero-order valence-corrected chi connectivity index (χ0v) is 12.0. The van der Waals surface area contributed by atoms with Crippen molar-refractivity contribution in [3.8, 4) is 11.5 Å². The molecule has 2 nitrogen and oxygen atoms in total. The first-order valence-electron chi connectivity index (χ1n) is 6.20. The van der Waals surface area contributed by atoms with E-state index >= 15 is 0 Å². The van der Waals surface area contributed by atoms with Gasteiger partial charge < -0.3 is 9.84 Å². The predicted octanol–water partition coefficient (Wildman–Crippen LogP) is 4.80. The number of aryl methyl sites for hydroxylation is 2. The summed E-state index contributed by atoms with van der Waals surface area (Å²) >= 11 is 6.18. The van der Waals surface area contributed by atoms with Gasteiger partial charge in [0.2, 0.25) is 0 Å². The average molecular weight is 277 g/mol. The largest absolute Gasteiger partial charge is 0.456 e. The van der Waals surface area contributed by atoms with Gasteiger partial charge in [-0.25, -0.2) is 0 Å². The van der Waals surface area contributed by atoms with Gasteiger partial charge in [-0.3, -0.25) is 0 Å². The Morgan fingerprint density at radius 1 is 1.05 bits per heavy atom. The summed E-state index contributed by atoms with van der Waals surface area (Å²) in [5.74, 6) is 1.39. The molecule has 1 unspecified atom stereocenters. The van der Waals surface area contributed by atoms with Gasteiger partial charge in [0, 0.05) is 0 Å². The second-order valence-electron chi connectivity index (χ2n) is 4.74. The second-order valence-corrected chi connectivity index (χ2v) is 5.14. The third-order valence-electron chi connectivity index (χ3n) is 3.00. The fraction of sp³-hybridized carbons (Fsp3) is 0.250. The van der Waals surface area contributed by atoms with Crippen LogP contribution in [0.1, 0.15) is 29.7 Å². The van der Waals surface area contributed by atoms with Gasteiger partial charge in [0.1, 0.15) is 11.5 Å². The molecule has 0 aliphatic carbocycles. The summed E-state index contributed by atoms with van der Waals surface area (Å²) in [5, 5.41) is 10.0. The smallest absolute Gasteiger partial charge is 0.146 e. The SMILES string of the molecule is Cc1ccc(C)c(Oc2ccc(C(C)O)cc2Cl)c1. The molecule has 0 fully saturated rings. The molecule has 1 N–H and O–H groups in total. The Kier molecular flexibility index (Phi) is 4.13. The van der Waals surface area contributed by atoms with Crippen LogP contribution in [0.5, 0.6) is 11.5 Å². The van der Waals surface area contributed by atoms with Crippen molar-refractivity contribution in [1.29, 1.82) is 0 Å². The lowest BCUT2D eigenvalue weighted by Gasteiger charge is -2.12. The Morgan fingerprint density at radius 3 is 2.42 bits per heavy atom. The molecule has 3 heteroatoms. The summed E-state index contributed by atoms with van der Waals surface area (Å²) < 4.78 is 5.84.